The highest BCUT2D eigenvalue weighted by atomic mass is 19.4. The summed E-state index contributed by atoms with van der Waals surface area (Å²) in [5, 5.41) is 22.4. The summed E-state index contributed by atoms with van der Waals surface area (Å²) in [6.07, 6.45) is -5.88. The number of hydrogen-bond donors (Lipinski definition) is 3. The fourth-order valence-corrected chi connectivity index (χ4v) is 2.66. The van der Waals surface area contributed by atoms with E-state index in [0.717, 1.165) is 0 Å². The van der Waals surface area contributed by atoms with Crippen LogP contribution in [0.2, 0.25) is 0 Å². The fraction of sp³-hybridized carbons (Fsp3) is 0.188. The topological polar surface area (TPSA) is 72.8 Å². The SMILES string of the molecule is O=C1c2ccccc2N[C@H](c2cccc(O)c2O)N1CC(F)(F)F. The van der Waals surface area contributed by atoms with Crippen molar-refractivity contribution in [3.8, 4) is 11.5 Å². The number of benzene rings is 2. The maximum Gasteiger partial charge on any atom is 0.406 e. The predicted molar refractivity (Wildman–Crippen MR) is 79.7 cm³/mol. The molecule has 3 N–H and O–H groups in total. The number of amides is 1. The fourth-order valence-electron chi connectivity index (χ4n) is 2.66. The molecule has 0 aliphatic carbocycles. The zero-order valence-electron chi connectivity index (χ0n) is 12.2. The highest BCUT2D eigenvalue weighted by Crippen LogP contribution is 2.40. The van der Waals surface area contributed by atoms with Crippen LogP contribution in [0.3, 0.4) is 0 Å². The highest BCUT2D eigenvalue weighted by Gasteiger charge is 2.41. The predicted octanol–water partition coefficient (Wildman–Crippen LogP) is 3.23. The van der Waals surface area contributed by atoms with Crippen LogP contribution in [0.15, 0.2) is 42.5 Å². The van der Waals surface area contributed by atoms with E-state index in [4.69, 9.17) is 0 Å². The molecular formula is C16H13F3N2O3. The number of phenolic OH excluding ortho intramolecular Hbond substituents is 2. The van der Waals surface area contributed by atoms with E-state index in [1.165, 1.54) is 24.3 Å². The Morgan fingerprint density at radius 1 is 1.08 bits per heavy atom. The zero-order valence-corrected chi connectivity index (χ0v) is 12.2. The van der Waals surface area contributed by atoms with Crippen molar-refractivity contribution in [1.29, 1.82) is 0 Å². The Labute approximate surface area is 134 Å². The molecule has 8 heteroatoms. The number of halogens is 3. The van der Waals surface area contributed by atoms with E-state index in [9.17, 15) is 28.2 Å². The third-order valence-corrected chi connectivity index (χ3v) is 3.71. The maximum atomic E-state index is 12.9. The van der Waals surface area contributed by atoms with Gasteiger partial charge >= 0.3 is 6.18 Å². The van der Waals surface area contributed by atoms with Crippen molar-refractivity contribution >= 4 is 11.6 Å². The number of hydrogen-bond acceptors (Lipinski definition) is 4. The number of carbonyl (C=O) groups excluding carboxylic acids is 1. The molecule has 24 heavy (non-hydrogen) atoms. The van der Waals surface area contributed by atoms with Crippen LogP contribution < -0.4 is 5.32 Å². The molecular weight excluding hydrogens is 325 g/mol. The summed E-state index contributed by atoms with van der Waals surface area (Å²) >= 11 is 0. The van der Waals surface area contributed by atoms with E-state index in [-0.39, 0.29) is 11.1 Å². The second-order valence-corrected chi connectivity index (χ2v) is 5.36. The van der Waals surface area contributed by atoms with Crippen molar-refractivity contribution in [2.75, 3.05) is 11.9 Å². The van der Waals surface area contributed by atoms with Gasteiger partial charge in [0.25, 0.3) is 5.91 Å². The van der Waals surface area contributed by atoms with Gasteiger partial charge in [0.2, 0.25) is 0 Å². The number of anilines is 1. The first kappa shape index (κ1) is 16.0. The molecule has 0 unspecified atom stereocenters. The molecule has 5 nitrogen and oxygen atoms in total. The molecule has 0 radical (unpaired) electrons. The first-order chi connectivity index (χ1) is 11.3. The molecule has 2 aromatic carbocycles. The minimum atomic E-state index is -4.62. The second-order valence-electron chi connectivity index (χ2n) is 5.36. The molecule has 126 valence electrons. The number of nitrogens with zero attached hydrogens (tertiary/aromatic N) is 1. The molecule has 1 heterocycles. The summed E-state index contributed by atoms with van der Waals surface area (Å²) in [5.74, 6) is -1.86. The summed E-state index contributed by atoms with van der Waals surface area (Å²) < 4.78 is 38.8. The third-order valence-electron chi connectivity index (χ3n) is 3.71. The molecule has 0 bridgehead atoms. The Bertz CT molecular complexity index is 792. The van der Waals surface area contributed by atoms with E-state index in [0.29, 0.717) is 10.6 Å². The number of para-hydroxylation sites is 2. The summed E-state index contributed by atoms with van der Waals surface area (Å²) in [7, 11) is 0. The number of alkyl halides is 3. The van der Waals surface area contributed by atoms with Crippen LogP contribution in [-0.2, 0) is 0 Å². The Hall–Kier alpha value is -2.90. The lowest BCUT2D eigenvalue weighted by Crippen LogP contribution is -2.47. The van der Waals surface area contributed by atoms with Crippen LogP contribution in [0.5, 0.6) is 11.5 Å². The van der Waals surface area contributed by atoms with Crippen molar-refractivity contribution in [2.45, 2.75) is 12.3 Å². The van der Waals surface area contributed by atoms with Gasteiger partial charge in [-0.3, -0.25) is 4.79 Å². The van der Waals surface area contributed by atoms with Gasteiger partial charge in [-0.15, -0.1) is 0 Å². The van der Waals surface area contributed by atoms with Gasteiger partial charge in [-0.05, 0) is 18.2 Å². The van der Waals surface area contributed by atoms with Crippen LogP contribution >= 0.6 is 0 Å². The van der Waals surface area contributed by atoms with Gasteiger partial charge in [-0.2, -0.15) is 13.2 Å². The molecule has 1 aliphatic rings. The Balaban J connectivity index is 2.11. The lowest BCUT2D eigenvalue weighted by molar-refractivity contribution is -0.144. The number of phenols is 2. The second kappa shape index (κ2) is 5.63. The Kier molecular flexibility index (Phi) is 3.75. The van der Waals surface area contributed by atoms with Gasteiger partial charge in [-0.25, -0.2) is 0 Å². The van der Waals surface area contributed by atoms with Gasteiger partial charge in [0, 0.05) is 11.3 Å². The third kappa shape index (κ3) is 2.82. The first-order valence-corrected chi connectivity index (χ1v) is 7.02. The average molecular weight is 338 g/mol. The van der Waals surface area contributed by atoms with E-state index in [1.807, 2.05) is 0 Å². The molecule has 1 aliphatic heterocycles. The van der Waals surface area contributed by atoms with Gasteiger partial charge in [0.05, 0.1) is 5.56 Å². The first-order valence-electron chi connectivity index (χ1n) is 7.02. The smallest absolute Gasteiger partial charge is 0.406 e. The van der Waals surface area contributed by atoms with E-state index < -0.39 is 36.3 Å². The molecule has 0 aromatic heterocycles. The van der Waals surface area contributed by atoms with E-state index in [2.05, 4.69) is 5.32 Å². The lowest BCUT2D eigenvalue weighted by atomic mass is 10.0. The van der Waals surface area contributed by atoms with Crippen LogP contribution in [0.1, 0.15) is 22.1 Å². The number of fused-ring (bicyclic) bond motifs is 1. The monoisotopic (exact) mass is 338 g/mol. The molecule has 0 saturated heterocycles. The molecule has 0 saturated carbocycles. The van der Waals surface area contributed by atoms with Crippen molar-refractivity contribution in [2.24, 2.45) is 0 Å². The van der Waals surface area contributed by atoms with Crippen LogP contribution in [0.4, 0.5) is 18.9 Å². The normalized spacial score (nSPS) is 17.4. The minimum Gasteiger partial charge on any atom is -0.504 e. The summed E-state index contributed by atoms with van der Waals surface area (Å²) in [6, 6.07) is 10.1. The van der Waals surface area contributed by atoms with Gasteiger partial charge < -0.3 is 20.4 Å². The summed E-state index contributed by atoms with van der Waals surface area (Å²) in [4.78, 5) is 13.1. The van der Waals surface area contributed by atoms with Crippen LogP contribution in [-0.4, -0.2) is 33.7 Å². The Morgan fingerprint density at radius 3 is 2.50 bits per heavy atom. The summed E-state index contributed by atoms with van der Waals surface area (Å²) in [6.45, 7) is -1.49. The van der Waals surface area contributed by atoms with Gasteiger partial charge in [0.1, 0.15) is 12.7 Å². The lowest BCUT2D eigenvalue weighted by Gasteiger charge is -2.38. The van der Waals surface area contributed by atoms with Gasteiger partial charge in [-0.1, -0.05) is 24.3 Å². The number of rotatable bonds is 2. The highest BCUT2D eigenvalue weighted by molar-refractivity contribution is 6.01. The molecule has 2 aromatic rings. The quantitative estimate of drug-likeness (QED) is 0.735. The minimum absolute atomic E-state index is 0.0258. The molecule has 1 amide bonds. The van der Waals surface area contributed by atoms with Crippen molar-refractivity contribution in [1.82, 2.24) is 4.90 Å². The van der Waals surface area contributed by atoms with Crippen molar-refractivity contribution in [3.63, 3.8) is 0 Å². The van der Waals surface area contributed by atoms with Gasteiger partial charge in [0.15, 0.2) is 11.5 Å². The van der Waals surface area contributed by atoms with Crippen LogP contribution in [0.25, 0.3) is 0 Å². The summed E-state index contributed by atoms with van der Waals surface area (Å²) in [5.41, 5.74) is 0.438. The average Bonchev–Trinajstić information content (AvgIpc) is 2.52. The largest absolute Gasteiger partial charge is 0.504 e. The number of carbonyl (C=O) groups is 1. The number of aromatic hydroxyl groups is 2. The molecule has 0 spiro atoms. The zero-order chi connectivity index (χ0) is 17.5. The molecule has 0 fully saturated rings. The Morgan fingerprint density at radius 2 is 1.79 bits per heavy atom. The van der Waals surface area contributed by atoms with Crippen LogP contribution in [0, 0.1) is 0 Å². The number of nitrogens with one attached hydrogen (secondary N) is 1. The van der Waals surface area contributed by atoms with E-state index >= 15 is 0 Å². The van der Waals surface area contributed by atoms with Crippen molar-refractivity contribution in [3.05, 3.63) is 53.6 Å². The van der Waals surface area contributed by atoms with Crippen molar-refractivity contribution < 1.29 is 28.2 Å². The molecule has 3 rings (SSSR count). The molecule has 1 atom stereocenters. The standard InChI is InChI=1S/C16H13F3N2O3/c17-16(18,19)8-21-14(10-5-3-7-12(22)13(10)23)20-11-6-2-1-4-9(11)15(21)24/h1-7,14,20,22-23H,8H2/t14-/m0/s1. The van der Waals surface area contributed by atoms with E-state index in [1.54, 1.807) is 18.2 Å². The maximum absolute atomic E-state index is 12.9.